The fourth-order valence-electron chi connectivity index (χ4n) is 5.89. The summed E-state index contributed by atoms with van der Waals surface area (Å²) in [5.41, 5.74) is 2.40. The summed E-state index contributed by atoms with van der Waals surface area (Å²) < 4.78 is 25.1. The number of fused-ring (bicyclic) bond motifs is 1. The van der Waals surface area contributed by atoms with Crippen LogP contribution < -0.4 is 9.47 Å². The molecule has 2 aromatic carbocycles. The van der Waals surface area contributed by atoms with Gasteiger partial charge in [-0.15, -0.1) is 0 Å². The number of rotatable bonds is 9. The minimum atomic E-state index is -0.0702. The van der Waals surface area contributed by atoms with Gasteiger partial charge in [-0.25, -0.2) is 0 Å². The Morgan fingerprint density at radius 1 is 1.06 bits per heavy atom. The molecule has 5 nitrogen and oxygen atoms in total. The molecule has 0 bridgehead atoms. The van der Waals surface area contributed by atoms with Crippen LogP contribution in [0.15, 0.2) is 46.9 Å². The molecule has 2 aromatic rings. The van der Waals surface area contributed by atoms with Crippen molar-refractivity contribution in [1.82, 2.24) is 4.90 Å². The van der Waals surface area contributed by atoms with Gasteiger partial charge in [0.05, 0.1) is 33.5 Å². The molecular weight excluding hydrogens is 506 g/mol. The molecular formula is C29H40BrNO4. The molecule has 1 saturated carbocycles. The highest BCUT2D eigenvalue weighted by Gasteiger charge is 2.50. The van der Waals surface area contributed by atoms with Gasteiger partial charge in [0.2, 0.25) is 0 Å². The van der Waals surface area contributed by atoms with E-state index in [4.69, 9.17) is 18.9 Å². The number of hydrogen-bond donors (Lipinski definition) is 0. The Labute approximate surface area is 219 Å². The van der Waals surface area contributed by atoms with Crippen molar-refractivity contribution in [2.24, 2.45) is 11.8 Å². The Hall–Kier alpha value is -1.60. The highest BCUT2D eigenvalue weighted by Crippen LogP contribution is 2.45. The van der Waals surface area contributed by atoms with Crippen molar-refractivity contribution in [3.05, 3.63) is 58.1 Å². The summed E-state index contributed by atoms with van der Waals surface area (Å²) in [6.45, 7) is 9.19. The second-order valence-corrected chi connectivity index (χ2v) is 11.4. The van der Waals surface area contributed by atoms with Crippen LogP contribution in [0, 0.1) is 11.8 Å². The van der Waals surface area contributed by atoms with Crippen molar-refractivity contribution in [2.45, 2.75) is 70.9 Å². The number of methoxy groups -OCH3 is 2. The van der Waals surface area contributed by atoms with E-state index in [0.29, 0.717) is 31.2 Å². The third-order valence-corrected chi connectivity index (χ3v) is 8.67. The third-order valence-electron chi connectivity index (χ3n) is 7.93. The quantitative estimate of drug-likeness (QED) is 0.361. The van der Waals surface area contributed by atoms with Crippen molar-refractivity contribution in [1.29, 1.82) is 0 Å². The van der Waals surface area contributed by atoms with Gasteiger partial charge in [0, 0.05) is 22.5 Å². The lowest BCUT2D eigenvalue weighted by molar-refractivity contribution is -0.247. The van der Waals surface area contributed by atoms with Gasteiger partial charge in [-0.05, 0) is 62.3 Å². The lowest BCUT2D eigenvalue weighted by atomic mass is 9.69. The number of hydrogen-bond acceptors (Lipinski definition) is 5. The summed E-state index contributed by atoms with van der Waals surface area (Å²) >= 11 is 3.74. The largest absolute Gasteiger partial charge is 0.493 e. The molecule has 0 N–H and O–H groups in total. The zero-order valence-electron chi connectivity index (χ0n) is 21.8. The number of benzene rings is 2. The first-order chi connectivity index (χ1) is 16.8. The fraction of sp³-hybridized carbons (Fsp3) is 0.586. The van der Waals surface area contributed by atoms with Crippen molar-refractivity contribution >= 4 is 15.9 Å². The van der Waals surface area contributed by atoms with Gasteiger partial charge in [0.1, 0.15) is 6.23 Å². The first-order valence-corrected chi connectivity index (χ1v) is 13.6. The van der Waals surface area contributed by atoms with Gasteiger partial charge < -0.3 is 18.9 Å². The van der Waals surface area contributed by atoms with Crippen LogP contribution in [-0.4, -0.2) is 50.1 Å². The van der Waals surface area contributed by atoms with Gasteiger partial charge in [0.25, 0.3) is 0 Å². The van der Waals surface area contributed by atoms with Gasteiger partial charge >= 0.3 is 0 Å². The molecule has 2 fully saturated rings. The molecule has 4 unspecified atom stereocenters. The van der Waals surface area contributed by atoms with Crippen LogP contribution in [0.25, 0.3) is 0 Å². The predicted molar refractivity (Wildman–Crippen MR) is 143 cm³/mol. The molecule has 1 aliphatic carbocycles. The molecule has 1 saturated heterocycles. The van der Waals surface area contributed by atoms with Crippen LogP contribution in [0.5, 0.6) is 11.5 Å². The molecule has 1 heterocycles. The van der Waals surface area contributed by atoms with Gasteiger partial charge in [-0.1, -0.05) is 59.6 Å². The fourth-order valence-corrected chi connectivity index (χ4v) is 6.41. The average Bonchev–Trinajstić information content (AvgIpc) is 2.84. The van der Waals surface area contributed by atoms with E-state index < -0.39 is 0 Å². The lowest BCUT2D eigenvalue weighted by Gasteiger charge is -2.57. The summed E-state index contributed by atoms with van der Waals surface area (Å²) in [7, 11) is 3.35. The van der Waals surface area contributed by atoms with Crippen LogP contribution in [0.3, 0.4) is 0 Å². The highest BCUT2D eigenvalue weighted by molar-refractivity contribution is 9.10. The zero-order valence-corrected chi connectivity index (χ0v) is 23.3. The summed E-state index contributed by atoms with van der Waals surface area (Å²) in [5.74, 6) is 2.73. The molecule has 0 spiro atoms. The van der Waals surface area contributed by atoms with E-state index in [1.54, 1.807) is 14.2 Å². The summed E-state index contributed by atoms with van der Waals surface area (Å²) in [4.78, 5) is 2.54. The molecule has 6 heteroatoms. The topological polar surface area (TPSA) is 40.2 Å². The summed E-state index contributed by atoms with van der Waals surface area (Å²) in [5, 5.41) is 0. The van der Waals surface area contributed by atoms with Gasteiger partial charge in [-0.3, -0.25) is 4.90 Å². The maximum atomic E-state index is 6.79. The summed E-state index contributed by atoms with van der Waals surface area (Å²) in [6, 6.07) is 14.4. The Kier molecular flexibility index (Phi) is 8.80. The van der Waals surface area contributed by atoms with Crippen LogP contribution in [0.4, 0.5) is 0 Å². The Bertz CT molecular complexity index is 967. The van der Waals surface area contributed by atoms with Crippen LogP contribution in [-0.2, 0) is 22.5 Å². The van der Waals surface area contributed by atoms with Crippen molar-refractivity contribution in [2.75, 3.05) is 27.4 Å². The SMILES string of the molecule is COc1cc(Br)c(CCN2C(COCc3ccccc3)OC3CC(C)CCC3C2(C)C)cc1OC. The molecule has 1 aliphatic heterocycles. The Balaban J connectivity index is 1.52. The first-order valence-electron chi connectivity index (χ1n) is 12.8. The lowest BCUT2D eigenvalue weighted by Crippen LogP contribution is -2.65. The standard InChI is InChI=1S/C29H40BrNO4/c1-20-11-12-23-25(15-20)35-28(19-34-18-21-9-7-6-8-10-21)31(29(23,2)3)14-13-22-16-26(32-4)27(33-5)17-24(22)30/h6-10,16-17,20,23,25,28H,11-15,18-19H2,1-5H3. The summed E-state index contributed by atoms with van der Waals surface area (Å²) in [6.07, 6.45) is 4.72. The maximum absolute atomic E-state index is 6.79. The van der Waals surface area contributed by atoms with Crippen molar-refractivity contribution < 1.29 is 18.9 Å². The predicted octanol–water partition coefficient (Wildman–Crippen LogP) is 6.47. The van der Waals surface area contributed by atoms with E-state index in [2.05, 4.69) is 71.9 Å². The monoisotopic (exact) mass is 545 g/mol. The molecule has 2 aliphatic rings. The van der Waals surface area contributed by atoms with Crippen molar-refractivity contribution in [3.63, 3.8) is 0 Å². The van der Waals surface area contributed by atoms with Gasteiger partial charge in [0.15, 0.2) is 11.5 Å². The molecule has 0 amide bonds. The second-order valence-electron chi connectivity index (χ2n) is 10.6. The molecule has 4 atom stereocenters. The highest BCUT2D eigenvalue weighted by atomic mass is 79.9. The third kappa shape index (κ3) is 6.04. The molecule has 0 aromatic heterocycles. The molecule has 4 rings (SSSR count). The first kappa shape index (κ1) is 26.5. The minimum Gasteiger partial charge on any atom is -0.493 e. The number of ether oxygens (including phenoxy) is 4. The Morgan fingerprint density at radius 2 is 1.77 bits per heavy atom. The average molecular weight is 547 g/mol. The molecule has 35 heavy (non-hydrogen) atoms. The molecule has 192 valence electrons. The van der Waals surface area contributed by atoms with Crippen LogP contribution in [0.2, 0.25) is 0 Å². The zero-order chi connectivity index (χ0) is 25.0. The van der Waals surface area contributed by atoms with E-state index in [0.717, 1.165) is 35.4 Å². The smallest absolute Gasteiger partial charge is 0.161 e. The van der Waals surface area contributed by atoms with Gasteiger partial charge in [-0.2, -0.15) is 0 Å². The van der Waals surface area contributed by atoms with Crippen molar-refractivity contribution in [3.8, 4) is 11.5 Å². The number of nitrogens with zero attached hydrogens (tertiary/aromatic N) is 1. The normalized spacial score (nSPS) is 26.2. The van der Waals surface area contributed by atoms with E-state index in [1.807, 2.05) is 12.1 Å². The van der Waals surface area contributed by atoms with Crippen LogP contribution >= 0.6 is 15.9 Å². The maximum Gasteiger partial charge on any atom is 0.161 e. The Morgan fingerprint density at radius 3 is 2.49 bits per heavy atom. The van der Waals surface area contributed by atoms with E-state index >= 15 is 0 Å². The van der Waals surface area contributed by atoms with E-state index in [-0.39, 0.29) is 11.8 Å². The van der Waals surface area contributed by atoms with Crippen LogP contribution in [0.1, 0.15) is 51.2 Å². The van der Waals surface area contributed by atoms with E-state index in [9.17, 15) is 0 Å². The minimum absolute atomic E-state index is 0.0207. The van der Waals surface area contributed by atoms with E-state index in [1.165, 1.54) is 24.0 Å². The molecule has 0 radical (unpaired) electrons. The number of halogens is 1. The second kappa shape index (κ2) is 11.6.